The number of hydrogen-bond acceptors (Lipinski definition) is 6. The van der Waals surface area contributed by atoms with Crippen molar-refractivity contribution < 1.29 is 4.74 Å². The van der Waals surface area contributed by atoms with Gasteiger partial charge in [0.2, 0.25) is 5.88 Å². The Morgan fingerprint density at radius 3 is 2.77 bits per heavy atom. The molecule has 0 atom stereocenters. The number of nitrogens with zero attached hydrogens (tertiary/aromatic N) is 5. The molecule has 112 valence electrons. The van der Waals surface area contributed by atoms with Gasteiger partial charge < -0.3 is 4.74 Å². The van der Waals surface area contributed by atoms with Crippen LogP contribution in [0.1, 0.15) is 30.1 Å². The Hall–Kier alpha value is -2.09. The largest absolute Gasteiger partial charge is 0.480 e. The summed E-state index contributed by atoms with van der Waals surface area (Å²) in [6.45, 7) is 1.91. The smallest absolute Gasteiger partial charge is 0.227 e. The third-order valence-electron chi connectivity index (χ3n) is 3.75. The summed E-state index contributed by atoms with van der Waals surface area (Å²) in [7, 11) is 1.60. The average Bonchev–Trinajstić information content (AvgIpc) is 3.31. The van der Waals surface area contributed by atoms with Gasteiger partial charge in [0.15, 0.2) is 5.82 Å². The van der Waals surface area contributed by atoms with Crippen LogP contribution in [0.2, 0.25) is 0 Å². The number of nitrogens with one attached hydrogen (secondary N) is 1. The highest BCUT2D eigenvalue weighted by molar-refractivity contribution is 9.10. The summed E-state index contributed by atoms with van der Waals surface area (Å²) in [5.41, 5.74) is 4.04. The molecule has 0 aliphatic heterocycles. The molecule has 0 amide bonds. The van der Waals surface area contributed by atoms with Crippen molar-refractivity contribution in [1.82, 2.24) is 30.1 Å². The Balaban J connectivity index is 2.00. The minimum Gasteiger partial charge on any atom is -0.480 e. The van der Waals surface area contributed by atoms with Gasteiger partial charge in [0.1, 0.15) is 27.5 Å². The van der Waals surface area contributed by atoms with Gasteiger partial charge in [-0.05, 0) is 35.7 Å². The second-order valence-electron chi connectivity index (χ2n) is 5.28. The third kappa shape index (κ3) is 2.06. The first-order chi connectivity index (χ1) is 10.7. The Bertz CT molecular complexity index is 873. The second-order valence-corrected chi connectivity index (χ2v) is 6.08. The van der Waals surface area contributed by atoms with Gasteiger partial charge in [-0.25, -0.2) is 19.9 Å². The fourth-order valence-electron chi connectivity index (χ4n) is 2.54. The highest BCUT2D eigenvalue weighted by Gasteiger charge is 2.31. The van der Waals surface area contributed by atoms with Crippen molar-refractivity contribution in [2.75, 3.05) is 7.11 Å². The molecule has 1 N–H and O–H groups in total. The molecule has 3 heterocycles. The molecule has 0 bridgehead atoms. The summed E-state index contributed by atoms with van der Waals surface area (Å²) in [4.78, 5) is 17.9. The lowest BCUT2D eigenvalue weighted by atomic mass is 10.1. The number of hydrogen-bond donors (Lipinski definition) is 1. The highest BCUT2D eigenvalue weighted by Crippen LogP contribution is 2.45. The lowest BCUT2D eigenvalue weighted by Crippen LogP contribution is -2.03. The van der Waals surface area contributed by atoms with Crippen molar-refractivity contribution in [1.29, 1.82) is 0 Å². The summed E-state index contributed by atoms with van der Waals surface area (Å²) < 4.78 is 6.15. The van der Waals surface area contributed by atoms with Gasteiger partial charge in [0.25, 0.3) is 0 Å². The van der Waals surface area contributed by atoms with Crippen molar-refractivity contribution in [2.45, 2.75) is 25.7 Å². The molecule has 0 saturated heterocycles. The Morgan fingerprint density at radius 1 is 1.23 bits per heavy atom. The van der Waals surface area contributed by atoms with Gasteiger partial charge in [-0.1, -0.05) is 0 Å². The molecular formula is C14H13BrN6O. The van der Waals surface area contributed by atoms with Gasteiger partial charge in [-0.2, -0.15) is 5.10 Å². The normalized spacial score (nSPS) is 14.5. The summed E-state index contributed by atoms with van der Waals surface area (Å²) in [5, 5.41) is 7.08. The van der Waals surface area contributed by atoms with Crippen molar-refractivity contribution in [3.8, 4) is 17.3 Å². The Morgan fingerprint density at radius 2 is 2.05 bits per heavy atom. The maximum absolute atomic E-state index is 5.42. The van der Waals surface area contributed by atoms with Gasteiger partial charge in [0, 0.05) is 5.92 Å². The van der Waals surface area contributed by atoms with Crippen molar-refractivity contribution in [3.05, 3.63) is 22.3 Å². The maximum Gasteiger partial charge on any atom is 0.227 e. The minimum absolute atomic E-state index is 0.444. The van der Waals surface area contributed by atoms with Crippen LogP contribution >= 0.6 is 15.9 Å². The lowest BCUT2D eigenvalue weighted by Gasteiger charge is -2.11. The predicted octanol–water partition coefficient (Wildman–Crippen LogP) is 2.77. The van der Waals surface area contributed by atoms with Gasteiger partial charge in [-0.15, -0.1) is 0 Å². The van der Waals surface area contributed by atoms with E-state index in [0.717, 1.165) is 45.4 Å². The quantitative estimate of drug-likeness (QED) is 0.772. The molecule has 0 aromatic carbocycles. The van der Waals surface area contributed by atoms with Crippen LogP contribution in [0.25, 0.3) is 22.4 Å². The zero-order valence-electron chi connectivity index (χ0n) is 12.1. The standard InChI is InChI=1S/C14H13BrN6O/c1-6-9-11(12(15)21-20-9)19-13(18-6)8-10(7-3-4-7)16-5-17-14(8)22-2/h5,7H,3-4H2,1-2H3,(H,20,21). The van der Waals surface area contributed by atoms with Gasteiger partial charge >= 0.3 is 0 Å². The topological polar surface area (TPSA) is 89.5 Å². The number of methoxy groups -OCH3 is 1. The van der Waals surface area contributed by atoms with Crippen molar-refractivity contribution in [2.24, 2.45) is 0 Å². The van der Waals surface area contributed by atoms with Crippen molar-refractivity contribution in [3.63, 3.8) is 0 Å². The molecule has 4 rings (SSSR count). The van der Waals surface area contributed by atoms with E-state index in [1.165, 1.54) is 6.33 Å². The van der Waals surface area contributed by atoms with Crippen LogP contribution in [0.3, 0.4) is 0 Å². The number of fused-ring (bicyclic) bond motifs is 1. The van der Waals surface area contributed by atoms with Gasteiger partial charge in [0.05, 0.1) is 18.5 Å². The molecule has 7 nitrogen and oxygen atoms in total. The summed E-state index contributed by atoms with van der Waals surface area (Å²) in [6.07, 6.45) is 3.79. The van der Waals surface area contributed by atoms with E-state index < -0.39 is 0 Å². The molecule has 1 saturated carbocycles. The molecule has 22 heavy (non-hydrogen) atoms. The fraction of sp³-hybridized carbons (Fsp3) is 0.357. The summed E-state index contributed by atoms with van der Waals surface area (Å²) >= 11 is 3.43. The minimum atomic E-state index is 0.444. The molecule has 1 aliphatic carbocycles. The molecule has 1 aliphatic rings. The number of aromatic nitrogens is 6. The molecule has 3 aromatic rings. The fourth-order valence-corrected chi connectivity index (χ4v) is 2.90. The zero-order chi connectivity index (χ0) is 15.3. The second kappa shape index (κ2) is 4.98. The SMILES string of the molecule is COc1ncnc(C2CC2)c1-c1nc(C)c2n[nH]c(Br)c2n1. The first-order valence-electron chi connectivity index (χ1n) is 6.96. The van der Waals surface area contributed by atoms with Crippen LogP contribution < -0.4 is 4.74 Å². The number of ether oxygens (including phenoxy) is 1. The zero-order valence-corrected chi connectivity index (χ0v) is 13.7. The van der Waals surface area contributed by atoms with Crippen molar-refractivity contribution >= 4 is 27.0 Å². The molecule has 0 spiro atoms. The molecule has 3 aromatic heterocycles. The van der Waals surface area contributed by atoms with Crippen LogP contribution in [0.15, 0.2) is 10.9 Å². The molecule has 1 fully saturated rings. The van der Waals surface area contributed by atoms with E-state index in [9.17, 15) is 0 Å². The summed E-state index contributed by atoms with van der Waals surface area (Å²) in [6, 6.07) is 0. The van der Waals surface area contributed by atoms with Gasteiger partial charge in [-0.3, -0.25) is 5.10 Å². The maximum atomic E-state index is 5.42. The van der Waals surface area contributed by atoms with E-state index in [-0.39, 0.29) is 0 Å². The molecule has 8 heteroatoms. The van der Waals surface area contributed by atoms with Crippen LogP contribution in [-0.2, 0) is 0 Å². The molecule has 0 radical (unpaired) electrons. The van der Waals surface area contributed by atoms with Crippen LogP contribution in [-0.4, -0.2) is 37.2 Å². The van der Waals surface area contributed by atoms with Crippen LogP contribution in [0.5, 0.6) is 5.88 Å². The number of rotatable bonds is 3. The number of aromatic amines is 1. The van der Waals surface area contributed by atoms with E-state index in [1.54, 1.807) is 7.11 Å². The van der Waals surface area contributed by atoms with E-state index in [2.05, 4.69) is 46.1 Å². The van der Waals surface area contributed by atoms with E-state index in [1.807, 2.05) is 6.92 Å². The Kier molecular flexibility index (Phi) is 3.07. The van der Waals surface area contributed by atoms with Crippen LogP contribution in [0, 0.1) is 6.92 Å². The van der Waals surface area contributed by atoms with E-state index in [4.69, 9.17) is 4.74 Å². The van der Waals surface area contributed by atoms with E-state index in [0.29, 0.717) is 17.6 Å². The highest BCUT2D eigenvalue weighted by atomic mass is 79.9. The third-order valence-corrected chi connectivity index (χ3v) is 4.31. The number of H-pyrrole nitrogens is 1. The average molecular weight is 361 g/mol. The Labute approximate surface area is 134 Å². The van der Waals surface area contributed by atoms with E-state index >= 15 is 0 Å². The predicted molar refractivity (Wildman–Crippen MR) is 83.7 cm³/mol. The molecular weight excluding hydrogens is 348 g/mol. The number of aryl methyl sites for hydroxylation is 1. The lowest BCUT2D eigenvalue weighted by molar-refractivity contribution is 0.397. The molecule has 0 unspecified atom stereocenters. The first-order valence-corrected chi connectivity index (χ1v) is 7.75. The first kappa shape index (κ1) is 13.6. The monoisotopic (exact) mass is 360 g/mol. The van der Waals surface area contributed by atoms with Crippen LogP contribution in [0.4, 0.5) is 0 Å². The summed E-state index contributed by atoms with van der Waals surface area (Å²) in [5.74, 6) is 1.53. The number of halogens is 1.